The summed E-state index contributed by atoms with van der Waals surface area (Å²) in [5.41, 5.74) is 2.47. The van der Waals surface area contributed by atoms with Gasteiger partial charge in [-0.05, 0) is 32.6 Å². The normalized spacial score (nSPS) is 17.1. The van der Waals surface area contributed by atoms with Crippen LogP contribution < -0.4 is 0 Å². The van der Waals surface area contributed by atoms with Crippen LogP contribution in [0.15, 0.2) is 16.8 Å². The van der Waals surface area contributed by atoms with E-state index >= 15 is 0 Å². The third kappa shape index (κ3) is 2.49. The first-order chi connectivity index (χ1) is 5.86. The van der Waals surface area contributed by atoms with E-state index in [1.54, 1.807) is 0 Å². The number of allylic oxidation sites excluding steroid dienone is 2. The van der Waals surface area contributed by atoms with Crippen molar-refractivity contribution in [1.29, 1.82) is 0 Å². The van der Waals surface area contributed by atoms with Gasteiger partial charge in [0, 0.05) is 0 Å². The van der Waals surface area contributed by atoms with Gasteiger partial charge in [-0.25, -0.2) is 0 Å². The number of rotatable bonds is 2. The lowest BCUT2D eigenvalue weighted by Crippen LogP contribution is -2.07. The summed E-state index contributed by atoms with van der Waals surface area (Å²) in [6.45, 7) is 2.41. The van der Waals surface area contributed by atoms with Gasteiger partial charge in [0.1, 0.15) is 0 Å². The van der Waals surface area contributed by atoms with E-state index in [1.807, 2.05) is 0 Å². The van der Waals surface area contributed by atoms with Crippen LogP contribution in [-0.4, -0.2) is 12.2 Å². The van der Waals surface area contributed by atoms with Gasteiger partial charge in [0.05, 0.1) is 5.71 Å². The third-order valence-electron chi connectivity index (χ3n) is 2.10. The molecule has 0 amide bonds. The maximum atomic E-state index is 9.83. The van der Waals surface area contributed by atoms with Crippen molar-refractivity contribution in [3.05, 3.63) is 11.6 Å². The monoisotopic (exact) mass is 167 g/mol. The summed E-state index contributed by atoms with van der Waals surface area (Å²) in [4.78, 5) is 14.2. The van der Waals surface area contributed by atoms with Crippen molar-refractivity contribution in [2.45, 2.75) is 32.6 Å². The van der Waals surface area contributed by atoms with E-state index in [-0.39, 0.29) is 0 Å². The summed E-state index contributed by atoms with van der Waals surface area (Å²) >= 11 is 0. The molecule has 1 saturated carbocycles. The molecule has 1 rings (SSSR count). The summed E-state index contributed by atoms with van der Waals surface area (Å²) < 4.78 is 0. The summed E-state index contributed by atoms with van der Waals surface area (Å²) in [5.74, 6) is 0. The maximum absolute atomic E-state index is 9.83. The Balaban J connectivity index is 2.40. The lowest BCUT2D eigenvalue weighted by molar-refractivity contribution is -0.128. The van der Waals surface area contributed by atoms with Gasteiger partial charge < -0.3 is 4.84 Å². The Hall–Kier alpha value is -1.12. The zero-order valence-corrected chi connectivity index (χ0v) is 7.25. The van der Waals surface area contributed by atoms with Gasteiger partial charge in [0.25, 0.3) is 0 Å². The molecule has 66 valence electrons. The molecule has 0 aromatic carbocycles. The van der Waals surface area contributed by atoms with Crippen molar-refractivity contribution in [3.63, 3.8) is 0 Å². The SMILES string of the molecule is CC=C1CCC(=NOC=O)CC1. The summed E-state index contributed by atoms with van der Waals surface area (Å²) in [6, 6.07) is 0. The van der Waals surface area contributed by atoms with Crippen LogP contribution in [0.25, 0.3) is 0 Å². The van der Waals surface area contributed by atoms with Gasteiger partial charge in [-0.2, -0.15) is 0 Å². The number of nitrogens with zero attached hydrogens (tertiary/aromatic N) is 1. The Kier molecular flexibility index (Phi) is 3.51. The highest BCUT2D eigenvalue weighted by atomic mass is 16.7. The first-order valence-electron chi connectivity index (χ1n) is 4.16. The third-order valence-corrected chi connectivity index (χ3v) is 2.10. The second-order valence-corrected chi connectivity index (χ2v) is 2.81. The number of carbonyl (C=O) groups excluding carboxylic acids is 1. The fourth-order valence-electron chi connectivity index (χ4n) is 1.34. The molecule has 1 aliphatic rings. The number of oxime groups is 1. The molecule has 0 atom stereocenters. The minimum atomic E-state index is 0.359. The largest absolute Gasteiger partial charge is 0.323 e. The molecule has 0 N–H and O–H groups in total. The molecule has 0 aromatic rings. The van der Waals surface area contributed by atoms with Crippen LogP contribution in [0, 0.1) is 0 Å². The van der Waals surface area contributed by atoms with E-state index in [0.717, 1.165) is 31.4 Å². The summed E-state index contributed by atoms with van der Waals surface area (Å²) in [5, 5.41) is 3.69. The Bertz CT molecular complexity index is 207. The molecule has 0 heterocycles. The van der Waals surface area contributed by atoms with E-state index in [9.17, 15) is 4.79 Å². The van der Waals surface area contributed by atoms with Gasteiger partial charge in [-0.1, -0.05) is 16.8 Å². The second-order valence-electron chi connectivity index (χ2n) is 2.81. The van der Waals surface area contributed by atoms with Crippen LogP contribution in [0.2, 0.25) is 0 Å². The standard InChI is InChI=1S/C9H13NO2/c1-2-8-3-5-9(6-4-8)10-12-7-11/h2,7H,3-6H2,1H3. The van der Waals surface area contributed by atoms with E-state index in [2.05, 4.69) is 23.0 Å². The van der Waals surface area contributed by atoms with Crippen LogP contribution in [0.1, 0.15) is 32.6 Å². The smallest absolute Gasteiger partial charge is 0.322 e. The lowest BCUT2D eigenvalue weighted by atomic mass is 9.93. The number of hydrogen-bond donors (Lipinski definition) is 0. The van der Waals surface area contributed by atoms with Crippen molar-refractivity contribution in [3.8, 4) is 0 Å². The molecule has 0 unspecified atom stereocenters. The van der Waals surface area contributed by atoms with E-state index in [0.29, 0.717) is 6.47 Å². The molecule has 0 aliphatic heterocycles. The molecule has 0 bridgehead atoms. The molecule has 3 nitrogen and oxygen atoms in total. The first kappa shape index (κ1) is 8.97. The molecule has 3 heteroatoms. The fraction of sp³-hybridized carbons (Fsp3) is 0.556. The minimum absolute atomic E-state index is 0.359. The number of hydrogen-bond acceptors (Lipinski definition) is 3. The zero-order chi connectivity index (χ0) is 8.81. The van der Waals surface area contributed by atoms with Crippen LogP contribution in [0.5, 0.6) is 0 Å². The molecule has 0 spiro atoms. The molecule has 0 aromatic heterocycles. The first-order valence-corrected chi connectivity index (χ1v) is 4.16. The van der Waals surface area contributed by atoms with Gasteiger partial charge in [-0.15, -0.1) is 0 Å². The predicted molar refractivity (Wildman–Crippen MR) is 46.8 cm³/mol. The van der Waals surface area contributed by atoms with Crippen LogP contribution in [0.4, 0.5) is 0 Å². The van der Waals surface area contributed by atoms with Crippen molar-refractivity contribution in [1.82, 2.24) is 0 Å². The van der Waals surface area contributed by atoms with Gasteiger partial charge in [-0.3, -0.25) is 4.79 Å². The van der Waals surface area contributed by atoms with Crippen molar-refractivity contribution < 1.29 is 9.63 Å². The molecule has 12 heavy (non-hydrogen) atoms. The second kappa shape index (κ2) is 4.70. The highest BCUT2D eigenvalue weighted by Crippen LogP contribution is 2.20. The molecular formula is C9H13NO2. The van der Waals surface area contributed by atoms with Crippen LogP contribution >= 0.6 is 0 Å². The van der Waals surface area contributed by atoms with Gasteiger partial charge in [0.2, 0.25) is 0 Å². The molecule has 1 aliphatic carbocycles. The topological polar surface area (TPSA) is 38.7 Å². The lowest BCUT2D eigenvalue weighted by Gasteiger charge is -2.14. The van der Waals surface area contributed by atoms with Gasteiger partial charge >= 0.3 is 6.47 Å². The van der Waals surface area contributed by atoms with Crippen molar-refractivity contribution in [2.75, 3.05) is 0 Å². The highest BCUT2D eigenvalue weighted by Gasteiger charge is 2.10. The Morgan fingerprint density at radius 1 is 1.33 bits per heavy atom. The molecule has 0 saturated heterocycles. The molecular weight excluding hydrogens is 154 g/mol. The number of carbonyl (C=O) groups is 1. The maximum Gasteiger partial charge on any atom is 0.323 e. The van der Waals surface area contributed by atoms with Crippen molar-refractivity contribution in [2.24, 2.45) is 5.16 Å². The average molecular weight is 167 g/mol. The minimum Gasteiger partial charge on any atom is -0.322 e. The highest BCUT2D eigenvalue weighted by molar-refractivity contribution is 5.85. The van der Waals surface area contributed by atoms with E-state index in [4.69, 9.17) is 0 Å². The van der Waals surface area contributed by atoms with E-state index < -0.39 is 0 Å². The van der Waals surface area contributed by atoms with Crippen LogP contribution in [0.3, 0.4) is 0 Å². The van der Waals surface area contributed by atoms with E-state index in [1.165, 1.54) is 5.57 Å². The van der Waals surface area contributed by atoms with Crippen molar-refractivity contribution >= 4 is 12.2 Å². The quantitative estimate of drug-likeness (QED) is 0.273. The summed E-state index contributed by atoms with van der Waals surface area (Å²) in [7, 11) is 0. The fourth-order valence-corrected chi connectivity index (χ4v) is 1.34. The summed E-state index contributed by atoms with van der Waals surface area (Å²) in [6.07, 6.45) is 6.10. The zero-order valence-electron chi connectivity index (χ0n) is 7.25. The Morgan fingerprint density at radius 3 is 2.50 bits per heavy atom. The Labute approximate surface area is 72.1 Å². The Morgan fingerprint density at radius 2 is 2.00 bits per heavy atom. The predicted octanol–water partition coefficient (Wildman–Crippen LogP) is 2.04. The molecule has 1 fully saturated rings. The average Bonchev–Trinajstić information content (AvgIpc) is 2.15. The van der Waals surface area contributed by atoms with Gasteiger partial charge in [0.15, 0.2) is 0 Å². The molecule has 0 radical (unpaired) electrons. The van der Waals surface area contributed by atoms with Crippen LogP contribution in [-0.2, 0) is 9.63 Å².